The number of benzene rings is 22. The SMILES string of the molecule is c1ccc(-c2nc(-c3ccc(-c4cccnc4)cc3)nc(-c3ccc(-c4cc5c6ccccc6c6ccccc6c5c5ccccc45)cc3)n2)cc1.c1ccc(-c2nc(-c3ccccc3)nc(-c3ccc(-c4c5ccccc5cc5c4ccc4ccccc45)cc3)n2)cc1.c1ccc(-c2nc(-c3ccccc3)nc(-c3ccc(-c4ccc5ccc6cccc7ccc4c5c67)cc3)n2)cc1. The van der Waals surface area contributed by atoms with Crippen molar-refractivity contribution in [3.8, 4) is 147 Å². The molecule has 0 N–H and O–H groups in total. The second-order valence-electron chi connectivity index (χ2n) is 33.6. The molecule has 22 aromatic carbocycles. The molecule has 624 valence electrons. The lowest BCUT2D eigenvalue weighted by Crippen LogP contribution is -2.00. The van der Waals surface area contributed by atoms with E-state index in [2.05, 4.69) is 308 Å². The van der Waals surface area contributed by atoms with Crippen molar-refractivity contribution in [3.05, 3.63) is 473 Å². The van der Waals surface area contributed by atoms with E-state index in [0.29, 0.717) is 52.4 Å². The first-order valence-corrected chi connectivity index (χ1v) is 45.1. The zero-order chi connectivity index (χ0) is 88.8. The van der Waals surface area contributed by atoms with Crippen molar-refractivity contribution in [2.45, 2.75) is 0 Å². The van der Waals surface area contributed by atoms with Gasteiger partial charge in [-0.25, -0.2) is 44.9 Å². The van der Waals surface area contributed by atoms with Crippen molar-refractivity contribution in [1.29, 1.82) is 0 Å². The molecule has 0 aliphatic carbocycles. The van der Waals surface area contributed by atoms with Crippen LogP contribution in [0.1, 0.15) is 0 Å². The van der Waals surface area contributed by atoms with E-state index in [0.717, 1.165) is 72.3 Å². The van der Waals surface area contributed by atoms with Gasteiger partial charge < -0.3 is 0 Å². The summed E-state index contributed by atoms with van der Waals surface area (Å²) in [7, 11) is 0. The van der Waals surface area contributed by atoms with Gasteiger partial charge in [0.25, 0.3) is 0 Å². The van der Waals surface area contributed by atoms with E-state index in [1.165, 1.54) is 130 Å². The molecule has 26 rings (SSSR count). The number of fused-ring (bicyclic) bond motifs is 12. The second-order valence-corrected chi connectivity index (χ2v) is 33.6. The normalized spacial score (nSPS) is 11.4. The molecular weight excluding hydrogens is 1630 g/mol. The number of hydrogen-bond acceptors (Lipinski definition) is 10. The van der Waals surface area contributed by atoms with Gasteiger partial charge in [0.1, 0.15) is 0 Å². The highest BCUT2D eigenvalue weighted by molar-refractivity contribution is 6.33. The Morgan fingerprint density at radius 3 is 0.888 bits per heavy atom. The summed E-state index contributed by atoms with van der Waals surface area (Å²) in [4.78, 5) is 48.5. The molecule has 0 fully saturated rings. The minimum atomic E-state index is 0.630. The van der Waals surface area contributed by atoms with Crippen molar-refractivity contribution in [1.82, 2.24) is 49.8 Å². The lowest BCUT2D eigenvalue weighted by atomic mass is 9.87. The first kappa shape index (κ1) is 79.3. The maximum atomic E-state index is 5.02. The summed E-state index contributed by atoms with van der Waals surface area (Å²) in [5.74, 6) is 5.88. The fourth-order valence-electron chi connectivity index (χ4n) is 19.1. The second kappa shape index (κ2) is 34.5. The molecule has 0 spiro atoms. The molecule has 4 aromatic heterocycles. The van der Waals surface area contributed by atoms with Gasteiger partial charge in [-0.15, -0.1) is 0 Å². The predicted octanol–water partition coefficient (Wildman–Crippen LogP) is 31.7. The molecular formula is C124H78N10. The Balaban J connectivity index is 0.000000112. The summed E-state index contributed by atoms with van der Waals surface area (Å²) < 4.78 is 0. The molecule has 10 nitrogen and oxygen atoms in total. The topological polar surface area (TPSA) is 129 Å². The Hall–Kier alpha value is -18.1. The Morgan fingerprint density at radius 1 is 0.127 bits per heavy atom. The van der Waals surface area contributed by atoms with Crippen LogP contribution in [-0.4, -0.2) is 49.8 Å². The maximum absolute atomic E-state index is 5.02. The van der Waals surface area contributed by atoms with E-state index in [1.54, 1.807) is 6.20 Å². The van der Waals surface area contributed by atoms with Crippen LogP contribution >= 0.6 is 0 Å². The molecule has 0 bridgehead atoms. The van der Waals surface area contributed by atoms with E-state index in [-0.39, 0.29) is 0 Å². The van der Waals surface area contributed by atoms with Crippen LogP contribution in [0.4, 0.5) is 0 Å². The third-order valence-electron chi connectivity index (χ3n) is 25.6. The number of hydrogen-bond donors (Lipinski definition) is 0. The molecule has 10 heteroatoms. The van der Waals surface area contributed by atoms with Crippen molar-refractivity contribution in [2.24, 2.45) is 0 Å². The molecule has 0 unspecified atom stereocenters. The fraction of sp³-hybridized carbons (Fsp3) is 0. The largest absolute Gasteiger partial charge is 0.264 e. The van der Waals surface area contributed by atoms with Crippen LogP contribution < -0.4 is 0 Å². The van der Waals surface area contributed by atoms with Crippen molar-refractivity contribution < 1.29 is 0 Å². The summed E-state index contributed by atoms with van der Waals surface area (Å²) >= 11 is 0. The van der Waals surface area contributed by atoms with Gasteiger partial charge >= 0.3 is 0 Å². The Kier molecular flexibility index (Phi) is 20.4. The minimum Gasteiger partial charge on any atom is -0.264 e. The van der Waals surface area contributed by atoms with Crippen LogP contribution in [0.25, 0.3) is 255 Å². The van der Waals surface area contributed by atoms with Crippen LogP contribution in [0.2, 0.25) is 0 Å². The average molecular weight is 1710 g/mol. The summed E-state index contributed by atoms with van der Waals surface area (Å²) in [5.41, 5.74) is 17.9. The molecule has 26 aromatic rings. The van der Waals surface area contributed by atoms with Crippen molar-refractivity contribution in [3.63, 3.8) is 0 Å². The van der Waals surface area contributed by atoms with E-state index in [9.17, 15) is 0 Å². The highest BCUT2D eigenvalue weighted by Crippen LogP contribution is 2.46. The lowest BCUT2D eigenvalue weighted by molar-refractivity contribution is 1.07. The van der Waals surface area contributed by atoms with Crippen LogP contribution in [0, 0.1) is 0 Å². The lowest BCUT2D eigenvalue weighted by Gasteiger charge is -2.16. The van der Waals surface area contributed by atoms with Gasteiger partial charge in [0, 0.05) is 62.5 Å². The summed E-state index contributed by atoms with van der Waals surface area (Å²) in [6, 6.07) is 161. The summed E-state index contributed by atoms with van der Waals surface area (Å²) in [6.45, 7) is 0. The maximum Gasteiger partial charge on any atom is 0.164 e. The van der Waals surface area contributed by atoms with E-state index in [1.807, 2.05) is 164 Å². The average Bonchev–Trinajstić information content (AvgIpc) is 0.712. The Bertz CT molecular complexity index is 8790. The van der Waals surface area contributed by atoms with Gasteiger partial charge in [0.05, 0.1) is 0 Å². The van der Waals surface area contributed by atoms with E-state index < -0.39 is 0 Å². The zero-order valence-corrected chi connectivity index (χ0v) is 72.5. The first-order valence-electron chi connectivity index (χ1n) is 45.1. The summed E-state index contributed by atoms with van der Waals surface area (Å²) in [6.07, 6.45) is 3.66. The van der Waals surface area contributed by atoms with Crippen LogP contribution in [0.3, 0.4) is 0 Å². The highest BCUT2D eigenvalue weighted by atomic mass is 15.1. The molecule has 0 radical (unpaired) electrons. The van der Waals surface area contributed by atoms with E-state index >= 15 is 0 Å². The molecule has 0 aliphatic heterocycles. The van der Waals surface area contributed by atoms with Gasteiger partial charge in [-0.3, -0.25) is 4.98 Å². The molecule has 4 heterocycles. The standard InChI is InChI=1S/C48H30N4.C39H25N3.C37H23N3/c1-2-11-33(12-3-1)46-50-47(34-24-20-31(21-25-34)36-13-10-28-49-30-36)52-48(51-46)35-26-22-32(23-27-35)43-29-44-39-16-5-4-14-37(39)38-15-6-8-18-41(38)45(44)42-19-9-7-17-40(42)43;1-3-12-28(13-4-1)37-40-38(29-14-5-2-6-15-29)42-39(41-37)30-21-19-27(20-22-30)36-33-18-10-8-16-31(33)25-35-32-17-9-7-11-26(32)23-24-34(35)36;1-3-8-28(9-4-1)35-38-36(29-10-5-2-6-11-29)40-37(39-35)30-18-14-24(15-19-30)31-22-20-27-17-16-25-12-7-13-26-21-23-32(31)34(27)33(25)26/h1-30H;1-25H;1-23H. The van der Waals surface area contributed by atoms with Gasteiger partial charge in [0.2, 0.25) is 0 Å². The molecule has 0 aliphatic rings. The molecule has 0 atom stereocenters. The van der Waals surface area contributed by atoms with Crippen molar-refractivity contribution >= 4 is 108 Å². The van der Waals surface area contributed by atoms with Crippen LogP contribution in [0.5, 0.6) is 0 Å². The molecule has 0 saturated heterocycles. The monoisotopic (exact) mass is 1710 g/mol. The number of rotatable bonds is 13. The number of aromatic nitrogens is 10. The molecule has 134 heavy (non-hydrogen) atoms. The zero-order valence-electron chi connectivity index (χ0n) is 72.5. The molecule has 0 saturated carbocycles. The minimum absolute atomic E-state index is 0.630. The van der Waals surface area contributed by atoms with Gasteiger partial charge in [0.15, 0.2) is 52.4 Å². The Morgan fingerprint density at radius 2 is 0.433 bits per heavy atom. The smallest absolute Gasteiger partial charge is 0.164 e. The third kappa shape index (κ3) is 15.0. The van der Waals surface area contributed by atoms with E-state index in [4.69, 9.17) is 44.9 Å². The van der Waals surface area contributed by atoms with Crippen molar-refractivity contribution in [2.75, 3.05) is 0 Å². The highest BCUT2D eigenvalue weighted by Gasteiger charge is 2.22. The fourth-order valence-corrected chi connectivity index (χ4v) is 19.1. The van der Waals surface area contributed by atoms with Gasteiger partial charge in [-0.05, 0) is 170 Å². The third-order valence-corrected chi connectivity index (χ3v) is 25.6. The van der Waals surface area contributed by atoms with Crippen LogP contribution in [-0.2, 0) is 0 Å². The first-order chi connectivity index (χ1) is 66.4. The predicted molar refractivity (Wildman–Crippen MR) is 554 cm³/mol. The number of pyridine rings is 1. The number of nitrogens with zero attached hydrogens (tertiary/aromatic N) is 10. The van der Waals surface area contributed by atoms with Crippen LogP contribution in [0.15, 0.2) is 473 Å². The molecule has 0 amide bonds. The van der Waals surface area contributed by atoms with Gasteiger partial charge in [-0.1, -0.05) is 443 Å². The summed E-state index contributed by atoms with van der Waals surface area (Å²) in [5, 5.41) is 25.4. The van der Waals surface area contributed by atoms with Gasteiger partial charge in [-0.2, -0.15) is 0 Å². The Labute approximate surface area is 772 Å². The quantitative estimate of drug-likeness (QED) is 0.0813.